The molecule has 24 heavy (non-hydrogen) atoms. The summed E-state index contributed by atoms with van der Waals surface area (Å²) in [5.74, 6) is -0.697. The van der Waals surface area contributed by atoms with Crippen molar-refractivity contribution < 1.29 is 14.0 Å². The number of likely N-dealkylation sites (tertiary alicyclic amines) is 1. The summed E-state index contributed by atoms with van der Waals surface area (Å²) in [6.07, 6.45) is 0.228. The Labute approximate surface area is 144 Å². The van der Waals surface area contributed by atoms with E-state index in [-0.39, 0.29) is 30.1 Å². The molecule has 2 amide bonds. The van der Waals surface area contributed by atoms with E-state index in [9.17, 15) is 14.0 Å². The highest BCUT2D eigenvalue weighted by Crippen LogP contribution is 2.18. The summed E-state index contributed by atoms with van der Waals surface area (Å²) < 4.78 is 13.2. The maximum absolute atomic E-state index is 13.2. The molecule has 0 saturated carbocycles. The molecule has 4 nitrogen and oxygen atoms in total. The Balaban J connectivity index is 1.62. The van der Waals surface area contributed by atoms with Crippen molar-refractivity contribution in [2.75, 3.05) is 6.54 Å². The zero-order chi connectivity index (χ0) is 17.1. The lowest BCUT2D eigenvalue weighted by atomic mass is 10.2. The van der Waals surface area contributed by atoms with Gasteiger partial charge in [-0.15, -0.1) is 0 Å². The van der Waals surface area contributed by atoms with Crippen LogP contribution in [0.15, 0.2) is 48.5 Å². The summed E-state index contributed by atoms with van der Waals surface area (Å²) >= 11 is 6.01. The number of rotatable bonds is 4. The van der Waals surface area contributed by atoms with Gasteiger partial charge in [0.25, 0.3) is 5.91 Å². The number of amides is 2. The fourth-order valence-electron chi connectivity index (χ4n) is 2.79. The van der Waals surface area contributed by atoms with Crippen LogP contribution in [-0.2, 0) is 11.3 Å². The van der Waals surface area contributed by atoms with E-state index in [4.69, 9.17) is 11.6 Å². The van der Waals surface area contributed by atoms with Crippen molar-refractivity contribution in [1.82, 2.24) is 10.2 Å². The van der Waals surface area contributed by atoms with Gasteiger partial charge in [0, 0.05) is 19.5 Å². The minimum atomic E-state index is -0.331. The second-order valence-corrected chi connectivity index (χ2v) is 6.17. The topological polar surface area (TPSA) is 49.4 Å². The average molecular weight is 347 g/mol. The smallest absolute Gasteiger partial charge is 0.253 e. The molecular weight excluding hydrogens is 331 g/mol. The summed E-state index contributed by atoms with van der Waals surface area (Å²) in [5, 5.41) is 3.20. The van der Waals surface area contributed by atoms with Gasteiger partial charge in [0.05, 0.1) is 16.6 Å². The van der Waals surface area contributed by atoms with Gasteiger partial charge in [-0.25, -0.2) is 4.39 Å². The van der Waals surface area contributed by atoms with Crippen LogP contribution >= 0.6 is 11.6 Å². The lowest BCUT2D eigenvalue weighted by molar-refractivity contribution is -0.128. The van der Waals surface area contributed by atoms with Crippen molar-refractivity contribution in [3.05, 3.63) is 70.5 Å². The highest BCUT2D eigenvalue weighted by atomic mass is 35.5. The molecule has 0 unspecified atom stereocenters. The quantitative estimate of drug-likeness (QED) is 0.925. The number of nitrogens with zero attached hydrogens (tertiary/aromatic N) is 1. The van der Waals surface area contributed by atoms with Crippen LogP contribution in [0.4, 0.5) is 4.39 Å². The van der Waals surface area contributed by atoms with Crippen molar-refractivity contribution in [1.29, 1.82) is 0 Å². The van der Waals surface area contributed by atoms with E-state index in [0.29, 0.717) is 23.7 Å². The molecule has 124 valence electrons. The van der Waals surface area contributed by atoms with E-state index in [1.165, 1.54) is 12.1 Å². The Kier molecular flexibility index (Phi) is 4.81. The van der Waals surface area contributed by atoms with E-state index in [0.717, 1.165) is 5.56 Å². The molecule has 0 radical (unpaired) electrons. The van der Waals surface area contributed by atoms with Crippen LogP contribution in [0.25, 0.3) is 0 Å². The van der Waals surface area contributed by atoms with Gasteiger partial charge in [-0.05, 0) is 29.8 Å². The molecule has 0 bridgehead atoms. The molecule has 1 aliphatic heterocycles. The maximum atomic E-state index is 13.2. The largest absolute Gasteiger partial charge is 0.347 e. The molecular formula is C18H16ClFN2O2. The molecule has 1 fully saturated rings. The summed E-state index contributed by atoms with van der Waals surface area (Å²) in [5.41, 5.74) is 1.11. The summed E-state index contributed by atoms with van der Waals surface area (Å²) in [4.78, 5) is 26.0. The van der Waals surface area contributed by atoms with Gasteiger partial charge < -0.3 is 10.2 Å². The van der Waals surface area contributed by atoms with Crippen LogP contribution < -0.4 is 5.32 Å². The van der Waals surface area contributed by atoms with Crippen molar-refractivity contribution in [3.63, 3.8) is 0 Å². The van der Waals surface area contributed by atoms with E-state index in [1.807, 2.05) is 0 Å². The van der Waals surface area contributed by atoms with Gasteiger partial charge in [0.2, 0.25) is 5.91 Å². The van der Waals surface area contributed by atoms with E-state index in [1.54, 1.807) is 41.3 Å². The lowest BCUT2D eigenvalue weighted by Gasteiger charge is -2.17. The first-order valence-corrected chi connectivity index (χ1v) is 7.98. The van der Waals surface area contributed by atoms with Gasteiger partial charge in [0.15, 0.2) is 0 Å². The zero-order valence-electron chi connectivity index (χ0n) is 12.8. The summed E-state index contributed by atoms with van der Waals surface area (Å²) in [6, 6.07) is 12.6. The average Bonchev–Trinajstić information content (AvgIpc) is 2.87. The van der Waals surface area contributed by atoms with Crippen LogP contribution in [0, 0.1) is 5.82 Å². The Morgan fingerprint density at radius 1 is 1.25 bits per heavy atom. The third kappa shape index (κ3) is 3.74. The number of benzene rings is 2. The van der Waals surface area contributed by atoms with Gasteiger partial charge in [0.1, 0.15) is 5.82 Å². The Hall–Kier alpha value is -2.40. The molecule has 1 aliphatic rings. The minimum absolute atomic E-state index is 0.0660. The molecule has 3 rings (SSSR count). The molecule has 0 aromatic heterocycles. The number of nitrogens with one attached hydrogen (secondary N) is 1. The van der Waals surface area contributed by atoms with Crippen LogP contribution in [0.2, 0.25) is 5.02 Å². The third-order valence-corrected chi connectivity index (χ3v) is 4.26. The number of hydrogen-bond acceptors (Lipinski definition) is 2. The molecule has 0 spiro atoms. The molecule has 1 N–H and O–H groups in total. The first-order valence-electron chi connectivity index (χ1n) is 7.60. The zero-order valence-corrected chi connectivity index (χ0v) is 13.6. The molecule has 2 aromatic carbocycles. The summed E-state index contributed by atoms with van der Waals surface area (Å²) in [6.45, 7) is 0.723. The molecule has 6 heteroatoms. The highest BCUT2D eigenvalue weighted by Gasteiger charge is 2.31. The van der Waals surface area contributed by atoms with Gasteiger partial charge in [-0.1, -0.05) is 35.9 Å². The third-order valence-electron chi connectivity index (χ3n) is 3.93. The molecule has 2 aromatic rings. The second-order valence-electron chi connectivity index (χ2n) is 5.76. The second kappa shape index (κ2) is 7.01. The lowest BCUT2D eigenvalue weighted by Crippen LogP contribution is -2.37. The van der Waals surface area contributed by atoms with E-state index < -0.39 is 0 Å². The number of carbonyl (C=O) groups is 2. The first kappa shape index (κ1) is 16.5. The van der Waals surface area contributed by atoms with Gasteiger partial charge >= 0.3 is 0 Å². The van der Waals surface area contributed by atoms with Crippen molar-refractivity contribution in [2.45, 2.75) is 19.0 Å². The molecule has 1 heterocycles. The van der Waals surface area contributed by atoms with Crippen molar-refractivity contribution in [2.24, 2.45) is 0 Å². The normalized spacial score (nSPS) is 17.2. The van der Waals surface area contributed by atoms with Crippen molar-refractivity contribution in [3.8, 4) is 0 Å². The maximum Gasteiger partial charge on any atom is 0.253 e. The fourth-order valence-corrected chi connectivity index (χ4v) is 3.01. The fraction of sp³-hybridized carbons (Fsp3) is 0.222. The summed E-state index contributed by atoms with van der Waals surface area (Å²) in [7, 11) is 0. The van der Waals surface area contributed by atoms with Crippen molar-refractivity contribution >= 4 is 23.4 Å². The van der Waals surface area contributed by atoms with Gasteiger partial charge in [-0.3, -0.25) is 9.59 Å². The van der Waals surface area contributed by atoms with Crippen LogP contribution in [0.3, 0.4) is 0 Å². The highest BCUT2D eigenvalue weighted by molar-refractivity contribution is 6.33. The SMILES string of the molecule is O=C(N[C@H]1CC(=O)N(Cc2cccc(F)c2)C1)c1ccccc1Cl. The van der Waals surface area contributed by atoms with Crippen LogP contribution in [0.1, 0.15) is 22.3 Å². The minimum Gasteiger partial charge on any atom is -0.347 e. The Bertz CT molecular complexity index is 781. The molecule has 1 atom stereocenters. The number of hydrogen-bond donors (Lipinski definition) is 1. The molecule has 0 aliphatic carbocycles. The predicted octanol–water partition coefficient (Wildman–Crippen LogP) is 3.01. The Morgan fingerprint density at radius 2 is 2.04 bits per heavy atom. The first-order chi connectivity index (χ1) is 11.5. The monoisotopic (exact) mass is 346 g/mol. The number of carbonyl (C=O) groups excluding carboxylic acids is 2. The molecule has 1 saturated heterocycles. The Morgan fingerprint density at radius 3 is 2.79 bits per heavy atom. The van der Waals surface area contributed by atoms with E-state index in [2.05, 4.69) is 5.32 Å². The predicted molar refractivity (Wildman–Crippen MR) is 89.1 cm³/mol. The van der Waals surface area contributed by atoms with Gasteiger partial charge in [-0.2, -0.15) is 0 Å². The number of halogens is 2. The van der Waals surface area contributed by atoms with Crippen LogP contribution in [-0.4, -0.2) is 29.3 Å². The van der Waals surface area contributed by atoms with Crippen LogP contribution in [0.5, 0.6) is 0 Å². The van der Waals surface area contributed by atoms with E-state index >= 15 is 0 Å². The standard InChI is InChI=1S/C18H16ClFN2O2/c19-16-7-2-1-6-15(16)18(24)21-14-9-17(23)22(11-14)10-12-4-3-5-13(20)8-12/h1-8,14H,9-11H2,(H,21,24)/t14-/m0/s1.